The fourth-order valence-corrected chi connectivity index (χ4v) is 3.41. The third kappa shape index (κ3) is 1.02. The molecule has 0 heterocycles. The lowest BCUT2D eigenvalue weighted by Gasteiger charge is -2.08. The van der Waals surface area contributed by atoms with Crippen LogP contribution >= 0.6 is 0 Å². The summed E-state index contributed by atoms with van der Waals surface area (Å²) in [5, 5.41) is 0. The molecule has 0 saturated heterocycles. The molecule has 0 amide bonds. The summed E-state index contributed by atoms with van der Waals surface area (Å²) in [6.07, 6.45) is 8.81. The van der Waals surface area contributed by atoms with Gasteiger partial charge in [-0.05, 0) is 49.4 Å². The Hall–Kier alpha value is -0.0400. The van der Waals surface area contributed by atoms with Crippen molar-refractivity contribution in [1.82, 2.24) is 0 Å². The van der Waals surface area contributed by atoms with Crippen molar-refractivity contribution in [2.75, 3.05) is 0 Å². The molecule has 3 aliphatic carbocycles. The van der Waals surface area contributed by atoms with Gasteiger partial charge in [0, 0.05) is 6.04 Å². The average Bonchev–Trinajstić information content (AvgIpc) is 2.99. The van der Waals surface area contributed by atoms with Gasteiger partial charge in [-0.1, -0.05) is 12.8 Å². The van der Waals surface area contributed by atoms with Crippen LogP contribution in [0.4, 0.5) is 0 Å². The molecule has 0 bridgehead atoms. The van der Waals surface area contributed by atoms with Crippen molar-refractivity contribution in [3.63, 3.8) is 0 Å². The van der Waals surface area contributed by atoms with E-state index in [0.29, 0.717) is 6.04 Å². The second-order valence-electron chi connectivity index (χ2n) is 5.10. The molecule has 0 aromatic rings. The molecule has 0 aromatic carbocycles. The first kappa shape index (κ1) is 7.37. The van der Waals surface area contributed by atoms with Gasteiger partial charge in [0.25, 0.3) is 0 Å². The predicted molar refractivity (Wildman–Crippen MR) is 49.6 cm³/mol. The Morgan fingerprint density at radius 2 is 1.50 bits per heavy atom. The van der Waals surface area contributed by atoms with Crippen LogP contribution in [0.15, 0.2) is 0 Å². The van der Waals surface area contributed by atoms with E-state index in [0.717, 1.165) is 23.7 Å². The Morgan fingerprint density at radius 1 is 0.917 bits per heavy atom. The van der Waals surface area contributed by atoms with Crippen molar-refractivity contribution in [2.45, 2.75) is 44.6 Å². The van der Waals surface area contributed by atoms with Crippen molar-refractivity contribution >= 4 is 0 Å². The summed E-state index contributed by atoms with van der Waals surface area (Å²) in [5.41, 5.74) is 6.24. The first-order valence-electron chi connectivity index (χ1n) is 5.63. The van der Waals surface area contributed by atoms with E-state index < -0.39 is 0 Å². The predicted octanol–water partition coefficient (Wildman–Crippen LogP) is 2.16. The molecule has 68 valence electrons. The summed E-state index contributed by atoms with van der Waals surface area (Å²) in [7, 11) is 0. The zero-order valence-corrected chi connectivity index (χ0v) is 7.71. The van der Waals surface area contributed by atoms with Crippen molar-refractivity contribution in [3.8, 4) is 0 Å². The molecule has 3 unspecified atom stereocenters. The smallest absolute Gasteiger partial charge is 0.0101 e. The number of rotatable bonds is 2. The SMILES string of the molecule is NC(C1CC1)C1C2CCCCC21. The maximum Gasteiger partial charge on any atom is 0.0101 e. The Bertz CT molecular complexity index is 173. The minimum absolute atomic E-state index is 0.595. The van der Waals surface area contributed by atoms with E-state index in [-0.39, 0.29) is 0 Å². The Kier molecular flexibility index (Phi) is 1.52. The van der Waals surface area contributed by atoms with Crippen molar-refractivity contribution in [3.05, 3.63) is 0 Å². The third-order valence-corrected chi connectivity index (χ3v) is 4.33. The monoisotopic (exact) mass is 165 g/mol. The van der Waals surface area contributed by atoms with Gasteiger partial charge in [-0.25, -0.2) is 0 Å². The highest BCUT2D eigenvalue weighted by Gasteiger charge is 2.55. The first-order chi connectivity index (χ1) is 5.88. The number of nitrogens with two attached hydrogens (primary N) is 1. The highest BCUT2D eigenvalue weighted by atomic mass is 14.8. The summed E-state index contributed by atoms with van der Waals surface area (Å²) in [4.78, 5) is 0. The number of fused-ring (bicyclic) bond motifs is 1. The summed E-state index contributed by atoms with van der Waals surface area (Å²) in [5.74, 6) is 4.02. The number of hydrogen-bond acceptors (Lipinski definition) is 1. The van der Waals surface area contributed by atoms with Crippen LogP contribution in [0.1, 0.15) is 38.5 Å². The zero-order valence-electron chi connectivity index (χ0n) is 7.71. The second-order valence-corrected chi connectivity index (χ2v) is 5.10. The highest BCUT2D eigenvalue weighted by Crippen LogP contribution is 2.59. The van der Waals surface area contributed by atoms with E-state index >= 15 is 0 Å². The average molecular weight is 165 g/mol. The van der Waals surface area contributed by atoms with Crippen LogP contribution in [0.3, 0.4) is 0 Å². The Balaban J connectivity index is 1.63. The van der Waals surface area contributed by atoms with Gasteiger partial charge < -0.3 is 5.73 Å². The molecule has 1 nitrogen and oxygen atoms in total. The molecular weight excluding hydrogens is 146 g/mol. The molecule has 0 radical (unpaired) electrons. The van der Waals surface area contributed by atoms with Gasteiger partial charge >= 0.3 is 0 Å². The van der Waals surface area contributed by atoms with Gasteiger partial charge in [0.2, 0.25) is 0 Å². The van der Waals surface area contributed by atoms with Crippen LogP contribution in [-0.2, 0) is 0 Å². The molecule has 3 saturated carbocycles. The van der Waals surface area contributed by atoms with Crippen LogP contribution in [0, 0.1) is 23.7 Å². The quantitative estimate of drug-likeness (QED) is 0.666. The van der Waals surface area contributed by atoms with Crippen molar-refractivity contribution in [2.24, 2.45) is 29.4 Å². The molecule has 3 fully saturated rings. The maximum atomic E-state index is 6.24. The molecule has 1 heteroatoms. The molecule has 2 N–H and O–H groups in total. The standard InChI is InChI=1S/C11H19N/c12-11(7-5-6-7)10-8-3-1-2-4-9(8)10/h7-11H,1-6,12H2. The first-order valence-corrected chi connectivity index (χ1v) is 5.63. The van der Waals surface area contributed by atoms with E-state index in [4.69, 9.17) is 5.73 Å². The molecule has 0 aliphatic heterocycles. The fourth-order valence-electron chi connectivity index (χ4n) is 3.41. The molecule has 3 atom stereocenters. The molecule has 3 rings (SSSR count). The second kappa shape index (κ2) is 2.47. The Labute approximate surface area is 74.7 Å². The van der Waals surface area contributed by atoms with Gasteiger partial charge in [0.05, 0.1) is 0 Å². The fraction of sp³-hybridized carbons (Fsp3) is 1.00. The van der Waals surface area contributed by atoms with Crippen LogP contribution in [0.5, 0.6) is 0 Å². The molecule has 0 aromatic heterocycles. The summed E-state index contributed by atoms with van der Waals surface area (Å²) >= 11 is 0. The van der Waals surface area contributed by atoms with Crippen LogP contribution in [0.2, 0.25) is 0 Å². The maximum absolute atomic E-state index is 6.24. The van der Waals surface area contributed by atoms with Gasteiger partial charge in [-0.2, -0.15) is 0 Å². The van der Waals surface area contributed by atoms with Gasteiger partial charge in [0.15, 0.2) is 0 Å². The van der Waals surface area contributed by atoms with Gasteiger partial charge in [-0.15, -0.1) is 0 Å². The largest absolute Gasteiger partial charge is 0.327 e. The van der Waals surface area contributed by atoms with E-state index in [1.165, 1.54) is 38.5 Å². The van der Waals surface area contributed by atoms with E-state index in [1.54, 1.807) is 0 Å². The lowest BCUT2D eigenvalue weighted by atomic mass is 10.0. The summed E-state index contributed by atoms with van der Waals surface area (Å²) in [6, 6.07) is 0.595. The third-order valence-electron chi connectivity index (χ3n) is 4.33. The van der Waals surface area contributed by atoms with E-state index in [9.17, 15) is 0 Å². The topological polar surface area (TPSA) is 26.0 Å². The number of hydrogen-bond donors (Lipinski definition) is 1. The van der Waals surface area contributed by atoms with E-state index in [2.05, 4.69) is 0 Å². The lowest BCUT2D eigenvalue weighted by Crippen LogP contribution is -2.26. The van der Waals surface area contributed by atoms with Crippen LogP contribution in [0.25, 0.3) is 0 Å². The van der Waals surface area contributed by atoms with Crippen molar-refractivity contribution < 1.29 is 0 Å². The summed E-state index contributed by atoms with van der Waals surface area (Å²) in [6.45, 7) is 0. The minimum atomic E-state index is 0.595. The van der Waals surface area contributed by atoms with E-state index in [1.807, 2.05) is 0 Å². The van der Waals surface area contributed by atoms with Crippen LogP contribution < -0.4 is 5.73 Å². The van der Waals surface area contributed by atoms with Crippen molar-refractivity contribution in [1.29, 1.82) is 0 Å². The van der Waals surface area contributed by atoms with Crippen LogP contribution in [-0.4, -0.2) is 6.04 Å². The molecule has 0 spiro atoms. The normalized spacial score (nSPS) is 48.2. The lowest BCUT2D eigenvalue weighted by molar-refractivity contribution is 0.480. The zero-order chi connectivity index (χ0) is 8.13. The molecule has 12 heavy (non-hydrogen) atoms. The summed E-state index contributed by atoms with van der Waals surface area (Å²) < 4.78 is 0. The van der Waals surface area contributed by atoms with Gasteiger partial charge in [-0.3, -0.25) is 0 Å². The molecular formula is C11H19N. The Morgan fingerprint density at radius 3 is 2.00 bits per heavy atom. The highest BCUT2D eigenvalue weighted by molar-refractivity contribution is 5.07. The molecule has 3 aliphatic rings. The van der Waals surface area contributed by atoms with Gasteiger partial charge in [0.1, 0.15) is 0 Å². The minimum Gasteiger partial charge on any atom is -0.327 e.